The van der Waals surface area contributed by atoms with Gasteiger partial charge in [-0.15, -0.1) is 11.3 Å². The fraction of sp³-hybridized carbons (Fsp3) is 0.286. The summed E-state index contributed by atoms with van der Waals surface area (Å²) in [6.07, 6.45) is 1.01. The van der Waals surface area contributed by atoms with Crippen molar-refractivity contribution < 1.29 is 5.11 Å². The van der Waals surface area contributed by atoms with Crippen molar-refractivity contribution in [2.45, 2.75) is 12.5 Å². The van der Waals surface area contributed by atoms with E-state index in [9.17, 15) is 5.11 Å². The summed E-state index contributed by atoms with van der Waals surface area (Å²) in [5.41, 5.74) is 1.14. The molecule has 0 saturated heterocycles. The van der Waals surface area contributed by atoms with Gasteiger partial charge in [0.15, 0.2) is 0 Å². The fourth-order valence-corrected chi connectivity index (χ4v) is 2.51. The molecule has 1 unspecified atom stereocenters. The van der Waals surface area contributed by atoms with Crippen LogP contribution in [0, 0.1) is 0 Å². The number of hydrogen-bond acceptors (Lipinski definition) is 3. The smallest absolute Gasteiger partial charge is 0.0626 e. The Kier molecular flexibility index (Phi) is 4.74. The monoisotopic (exact) mass is 247 g/mol. The number of hydrogen-bond donors (Lipinski definition) is 2. The van der Waals surface area contributed by atoms with Gasteiger partial charge in [-0.1, -0.05) is 36.4 Å². The van der Waals surface area contributed by atoms with Crippen LogP contribution >= 0.6 is 11.3 Å². The molecular weight excluding hydrogens is 230 g/mol. The van der Waals surface area contributed by atoms with E-state index in [2.05, 4.69) is 22.8 Å². The van der Waals surface area contributed by atoms with Crippen LogP contribution in [0.25, 0.3) is 0 Å². The van der Waals surface area contributed by atoms with E-state index in [1.165, 1.54) is 4.88 Å². The molecule has 1 atom stereocenters. The Morgan fingerprint density at radius 2 is 1.94 bits per heavy atom. The van der Waals surface area contributed by atoms with E-state index in [4.69, 9.17) is 0 Å². The van der Waals surface area contributed by atoms with Gasteiger partial charge in [-0.2, -0.15) is 0 Å². The average Bonchev–Trinajstić information content (AvgIpc) is 2.89. The summed E-state index contributed by atoms with van der Waals surface area (Å²) in [6, 6.07) is 14.3. The van der Waals surface area contributed by atoms with Crippen molar-refractivity contribution in [1.82, 2.24) is 5.32 Å². The molecule has 0 spiro atoms. The molecule has 0 aliphatic carbocycles. The van der Waals surface area contributed by atoms with E-state index >= 15 is 0 Å². The van der Waals surface area contributed by atoms with Gasteiger partial charge in [0.1, 0.15) is 0 Å². The molecule has 1 heterocycles. The van der Waals surface area contributed by atoms with Crippen LogP contribution < -0.4 is 5.32 Å². The van der Waals surface area contributed by atoms with E-state index in [1.54, 1.807) is 11.3 Å². The topological polar surface area (TPSA) is 32.3 Å². The number of thiophene rings is 1. The molecule has 3 heteroatoms. The van der Waals surface area contributed by atoms with Gasteiger partial charge in [-0.3, -0.25) is 0 Å². The summed E-state index contributed by atoms with van der Waals surface area (Å²) in [7, 11) is 0. The average molecular weight is 247 g/mol. The minimum absolute atomic E-state index is 0.0381. The molecule has 0 aliphatic rings. The molecule has 2 nitrogen and oxygen atoms in total. The van der Waals surface area contributed by atoms with Crippen molar-refractivity contribution in [1.29, 1.82) is 0 Å². The largest absolute Gasteiger partial charge is 0.394 e. The van der Waals surface area contributed by atoms with Crippen LogP contribution in [0.1, 0.15) is 16.5 Å². The van der Waals surface area contributed by atoms with Gasteiger partial charge in [0.05, 0.1) is 12.6 Å². The quantitative estimate of drug-likeness (QED) is 0.822. The highest BCUT2D eigenvalue weighted by Gasteiger charge is 2.08. The van der Waals surface area contributed by atoms with E-state index in [1.807, 2.05) is 30.3 Å². The van der Waals surface area contributed by atoms with Gasteiger partial charge in [0.25, 0.3) is 0 Å². The number of aliphatic hydroxyl groups is 1. The van der Waals surface area contributed by atoms with Gasteiger partial charge in [0.2, 0.25) is 0 Å². The van der Waals surface area contributed by atoms with E-state index in [0.29, 0.717) is 0 Å². The summed E-state index contributed by atoms with van der Waals surface area (Å²) < 4.78 is 0. The first kappa shape index (κ1) is 12.3. The van der Waals surface area contributed by atoms with Crippen molar-refractivity contribution >= 4 is 11.3 Å². The molecule has 1 aromatic carbocycles. The SMILES string of the molecule is OCC(NCCc1cccs1)c1ccccc1. The molecule has 0 bridgehead atoms. The van der Waals surface area contributed by atoms with E-state index in [0.717, 1.165) is 18.5 Å². The fourth-order valence-electron chi connectivity index (χ4n) is 1.80. The first-order chi connectivity index (χ1) is 8.40. The Hall–Kier alpha value is -1.16. The molecule has 0 saturated carbocycles. The Balaban J connectivity index is 1.84. The summed E-state index contributed by atoms with van der Waals surface area (Å²) >= 11 is 1.78. The normalized spacial score (nSPS) is 12.5. The van der Waals surface area contributed by atoms with Crippen LogP contribution in [0.15, 0.2) is 47.8 Å². The van der Waals surface area contributed by atoms with Gasteiger partial charge >= 0.3 is 0 Å². The maximum absolute atomic E-state index is 9.38. The second-order valence-corrected chi connectivity index (χ2v) is 4.96. The van der Waals surface area contributed by atoms with Gasteiger partial charge < -0.3 is 10.4 Å². The van der Waals surface area contributed by atoms with E-state index < -0.39 is 0 Å². The summed E-state index contributed by atoms with van der Waals surface area (Å²) in [6.45, 7) is 1.02. The van der Waals surface area contributed by atoms with Gasteiger partial charge in [-0.05, 0) is 23.4 Å². The highest BCUT2D eigenvalue weighted by Crippen LogP contribution is 2.12. The number of nitrogens with one attached hydrogen (secondary N) is 1. The zero-order chi connectivity index (χ0) is 11.9. The highest BCUT2D eigenvalue weighted by molar-refractivity contribution is 7.09. The molecule has 0 aliphatic heterocycles. The summed E-state index contributed by atoms with van der Waals surface area (Å²) in [4.78, 5) is 1.38. The second-order valence-electron chi connectivity index (χ2n) is 3.93. The van der Waals surface area contributed by atoms with Crippen molar-refractivity contribution in [2.24, 2.45) is 0 Å². The maximum atomic E-state index is 9.38. The van der Waals surface area contributed by atoms with Crippen LogP contribution in [0.2, 0.25) is 0 Å². The predicted octanol–water partition coefficient (Wildman–Crippen LogP) is 2.61. The van der Waals surface area contributed by atoms with Crippen molar-refractivity contribution in [3.8, 4) is 0 Å². The van der Waals surface area contributed by atoms with Crippen LogP contribution in [0.5, 0.6) is 0 Å². The molecule has 2 N–H and O–H groups in total. The molecule has 1 aromatic heterocycles. The number of rotatable bonds is 6. The lowest BCUT2D eigenvalue weighted by Gasteiger charge is -2.16. The summed E-state index contributed by atoms with van der Waals surface area (Å²) in [5, 5.41) is 14.9. The molecule has 0 radical (unpaired) electrons. The van der Waals surface area contributed by atoms with Crippen molar-refractivity contribution in [3.63, 3.8) is 0 Å². The second kappa shape index (κ2) is 6.55. The zero-order valence-corrected chi connectivity index (χ0v) is 10.5. The maximum Gasteiger partial charge on any atom is 0.0626 e. The highest BCUT2D eigenvalue weighted by atomic mass is 32.1. The van der Waals surface area contributed by atoms with Crippen molar-refractivity contribution in [2.75, 3.05) is 13.2 Å². The molecule has 0 fully saturated rings. The standard InChI is InChI=1S/C14H17NOS/c16-11-14(12-5-2-1-3-6-12)15-9-8-13-7-4-10-17-13/h1-7,10,14-16H,8-9,11H2. The Labute approximate surface area is 106 Å². The molecular formula is C14H17NOS. The van der Waals surface area contributed by atoms with Gasteiger partial charge in [0, 0.05) is 11.4 Å². The molecule has 17 heavy (non-hydrogen) atoms. The first-order valence-electron chi connectivity index (χ1n) is 5.81. The Morgan fingerprint density at radius 1 is 1.12 bits per heavy atom. The third-order valence-electron chi connectivity index (χ3n) is 2.73. The van der Waals surface area contributed by atoms with Crippen molar-refractivity contribution in [3.05, 3.63) is 58.3 Å². The number of aliphatic hydroxyl groups excluding tert-OH is 1. The molecule has 2 rings (SSSR count). The summed E-state index contributed by atoms with van der Waals surface area (Å²) in [5.74, 6) is 0. The molecule has 90 valence electrons. The lowest BCUT2D eigenvalue weighted by Crippen LogP contribution is -2.26. The van der Waals surface area contributed by atoms with Crippen LogP contribution in [0.4, 0.5) is 0 Å². The van der Waals surface area contributed by atoms with Gasteiger partial charge in [-0.25, -0.2) is 0 Å². The Bertz CT molecular complexity index is 413. The number of benzene rings is 1. The lowest BCUT2D eigenvalue weighted by atomic mass is 10.1. The molecule has 0 amide bonds. The lowest BCUT2D eigenvalue weighted by molar-refractivity contribution is 0.245. The Morgan fingerprint density at radius 3 is 2.59 bits per heavy atom. The third-order valence-corrected chi connectivity index (χ3v) is 3.66. The third kappa shape index (κ3) is 3.66. The zero-order valence-electron chi connectivity index (χ0n) is 9.67. The van der Waals surface area contributed by atoms with Crippen LogP contribution in [-0.2, 0) is 6.42 Å². The van der Waals surface area contributed by atoms with Crippen LogP contribution in [0.3, 0.4) is 0 Å². The predicted molar refractivity (Wildman–Crippen MR) is 72.3 cm³/mol. The molecule has 2 aromatic rings. The van der Waals surface area contributed by atoms with E-state index in [-0.39, 0.29) is 12.6 Å². The first-order valence-corrected chi connectivity index (χ1v) is 6.69. The van der Waals surface area contributed by atoms with Crippen LogP contribution in [-0.4, -0.2) is 18.3 Å². The minimum Gasteiger partial charge on any atom is -0.394 e. The minimum atomic E-state index is 0.0381.